The molecule has 0 aliphatic rings. The maximum Gasteiger partial charge on any atom is 0.472 e. The zero-order valence-corrected chi connectivity index (χ0v) is 51.5. The lowest BCUT2D eigenvalue weighted by molar-refractivity contribution is -0.161. The molecular formula is C69H118NO8P. The molecule has 0 saturated carbocycles. The number of rotatable bonds is 59. The van der Waals surface area contributed by atoms with Crippen molar-refractivity contribution in [1.82, 2.24) is 0 Å². The Balaban J connectivity index is 4.01. The molecule has 2 unspecified atom stereocenters. The molecule has 0 saturated heterocycles. The molecule has 0 rings (SSSR count). The van der Waals surface area contributed by atoms with Gasteiger partial charge in [0.15, 0.2) is 6.10 Å². The lowest BCUT2D eigenvalue weighted by Crippen LogP contribution is -2.29. The highest BCUT2D eigenvalue weighted by Gasteiger charge is 2.26. The second-order valence-electron chi connectivity index (χ2n) is 20.9. The van der Waals surface area contributed by atoms with Gasteiger partial charge in [0.05, 0.1) is 13.2 Å². The quantitative estimate of drug-likeness (QED) is 0.0264. The largest absolute Gasteiger partial charge is 0.472 e. The molecule has 0 aromatic rings. The lowest BCUT2D eigenvalue weighted by atomic mass is 10.0. The van der Waals surface area contributed by atoms with Crippen LogP contribution in [0.4, 0.5) is 0 Å². The van der Waals surface area contributed by atoms with E-state index in [2.05, 4.69) is 135 Å². The number of hydrogen-bond donors (Lipinski definition) is 2. The SMILES string of the molecule is CC/C=C\C/C=C\C/C=C\C/C=C\C/C=C\C/C=C\C/C=C\C/C=C\C/C=C\CCCCCCCCCC(=O)OC(COC(=O)CCCCCCCCCCCCC/C=C\CCCCCCCCCC)COP(=O)(O)OCCN. The van der Waals surface area contributed by atoms with E-state index >= 15 is 0 Å². The zero-order chi connectivity index (χ0) is 57.3. The first-order valence-corrected chi connectivity index (χ1v) is 33.5. The van der Waals surface area contributed by atoms with Crippen LogP contribution in [0.5, 0.6) is 0 Å². The normalized spacial score (nSPS) is 13.8. The predicted molar refractivity (Wildman–Crippen MR) is 339 cm³/mol. The van der Waals surface area contributed by atoms with E-state index in [0.29, 0.717) is 6.42 Å². The van der Waals surface area contributed by atoms with Crippen molar-refractivity contribution < 1.29 is 37.6 Å². The van der Waals surface area contributed by atoms with E-state index in [0.717, 1.165) is 103 Å². The second-order valence-corrected chi connectivity index (χ2v) is 22.3. The molecule has 0 spiro atoms. The van der Waals surface area contributed by atoms with Gasteiger partial charge in [0.1, 0.15) is 6.61 Å². The van der Waals surface area contributed by atoms with Gasteiger partial charge in [-0.25, -0.2) is 4.57 Å². The third-order valence-corrected chi connectivity index (χ3v) is 14.3. The van der Waals surface area contributed by atoms with E-state index in [1.165, 1.54) is 135 Å². The number of carbonyl (C=O) groups is 2. The molecule has 0 aromatic carbocycles. The molecule has 0 aromatic heterocycles. The number of nitrogens with two attached hydrogens (primary N) is 1. The van der Waals surface area contributed by atoms with Gasteiger partial charge in [-0.3, -0.25) is 18.6 Å². The van der Waals surface area contributed by atoms with E-state index in [9.17, 15) is 19.0 Å². The Hall–Kier alpha value is -3.59. The minimum atomic E-state index is -4.40. The molecule has 2 atom stereocenters. The predicted octanol–water partition coefficient (Wildman–Crippen LogP) is 20.7. The van der Waals surface area contributed by atoms with E-state index in [-0.39, 0.29) is 38.6 Å². The fourth-order valence-electron chi connectivity index (χ4n) is 8.62. The third-order valence-electron chi connectivity index (χ3n) is 13.3. The Morgan fingerprint density at radius 1 is 0.392 bits per heavy atom. The third kappa shape index (κ3) is 63.5. The highest BCUT2D eigenvalue weighted by atomic mass is 31.2. The Morgan fingerprint density at radius 2 is 0.696 bits per heavy atom. The summed E-state index contributed by atoms with van der Waals surface area (Å²) in [5, 5.41) is 0. The first kappa shape index (κ1) is 75.4. The van der Waals surface area contributed by atoms with Crippen molar-refractivity contribution in [3.8, 4) is 0 Å². The Bertz CT molecular complexity index is 1710. The number of phosphoric ester groups is 1. The highest BCUT2D eigenvalue weighted by Crippen LogP contribution is 2.43. The smallest absolute Gasteiger partial charge is 0.462 e. The fraction of sp³-hybridized carbons (Fsp3) is 0.681. The van der Waals surface area contributed by atoms with Crippen LogP contribution in [0.2, 0.25) is 0 Å². The monoisotopic (exact) mass is 1120 g/mol. The van der Waals surface area contributed by atoms with Gasteiger partial charge in [-0.15, -0.1) is 0 Å². The molecule has 452 valence electrons. The molecular weight excluding hydrogens is 1000 g/mol. The van der Waals surface area contributed by atoms with Crippen molar-refractivity contribution in [2.24, 2.45) is 5.73 Å². The van der Waals surface area contributed by atoms with Gasteiger partial charge in [0.25, 0.3) is 0 Å². The first-order valence-electron chi connectivity index (χ1n) is 32.0. The summed E-state index contributed by atoms with van der Waals surface area (Å²) < 4.78 is 33.1. The topological polar surface area (TPSA) is 134 Å². The van der Waals surface area contributed by atoms with Crippen molar-refractivity contribution in [2.75, 3.05) is 26.4 Å². The minimum Gasteiger partial charge on any atom is -0.462 e. The van der Waals surface area contributed by atoms with Crippen LogP contribution in [-0.2, 0) is 32.7 Å². The molecule has 0 aliphatic heterocycles. The second kappa shape index (κ2) is 63.6. The van der Waals surface area contributed by atoms with Crippen LogP contribution in [0.25, 0.3) is 0 Å². The number of carbonyl (C=O) groups excluding carboxylic acids is 2. The minimum absolute atomic E-state index is 0.0461. The number of unbranched alkanes of at least 4 members (excludes halogenated alkanes) is 26. The first-order chi connectivity index (χ1) is 38.8. The highest BCUT2D eigenvalue weighted by molar-refractivity contribution is 7.47. The number of phosphoric acid groups is 1. The van der Waals surface area contributed by atoms with Crippen molar-refractivity contribution in [3.63, 3.8) is 0 Å². The molecule has 0 bridgehead atoms. The summed E-state index contributed by atoms with van der Waals surface area (Å²) in [5.74, 6) is -0.842. The molecule has 10 heteroatoms. The maximum absolute atomic E-state index is 12.7. The van der Waals surface area contributed by atoms with Crippen molar-refractivity contribution in [2.45, 2.75) is 277 Å². The Kier molecular flexibility index (Phi) is 60.7. The molecule has 9 nitrogen and oxygen atoms in total. The molecule has 0 fully saturated rings. The van der Waals surface area contributed by atoms with Crippen molar-refractivity contribution >= 4 is 19.8 Å². The molecule has 79 heavy (non-hydrogen) atoms. The van der Waals surface area contributed by atoms with Gasteiger partial charge in [-0.1, -0.05) is 270 Å². The zero-order valence-electron chi connectivity index (χ0n) is 50.6. The van der Waals surface area contributed by atoms with E-state index in [1.54, 1.807) is 0 Å². The summed E-state index contributed by atoms with van der Waals surface area (Å²) in [5.41, 5.74) is 5.39. The van der Waals surface area contributed by atoms with Gasteiger partial charge < -0.3 is 20.1 Å². The Morgan fingerprint density at radius 3 is 1.05 bits per heavy atom. The van der Waals surface area contributed by atoms with Crippen LogP contribution in [0.15, 0.2) is 122 Å². The lowest BCUT2D eigenvalue weighted by Gasteiger charge is -2.19. The number of hydrogen-bond acceptors (Lipinski definition) is 8. The van der Waals surface area contributed by atoms with Crippen molar-refractivity contribution in [3.05, 3.63) is 122 Å². The summed E-state index contributed by atoms with van der Waals surface area (Å²) in [6.07, 6.45) is 88.3. The summed E-state index contributed by atoms with van der Waals surface area (Å²) in [7, 11) is -4.40. The van der Waals surface area contributed by atoms with Gasteiger partial charge in [0, 0.05) is 19.4 Å². The number of ether oxygens (including phenoxy) is 2. The van der Waals surface area contributed by atoms with Gasteiger partial charge >= 0.3 is 19.8 Å². The summed E-state index contributed by atoms with van der Waals surface area (Å²) in [6, 6.07) is 0. The average molecular weight is 1120 g/mol. The number of allylic oxidation sites excluding steroid dienone is 20. The van der Waals surface area contributed by atoms with E-state index < -0.39 is 26.5 Å². The fourth-order valence-corrected chi connectivity index (χ4v) is 9.39. The van der Waals surface area contributed by atoms with Gasteiger partial charge in [-0.2, -0.15) is 0 Å². The van der Waals surface area contributed by atoms with E-state index in [4.69, 9.17) is 24.3 Å². The van der Waals surface area contributed by atoms with Crippen LogP contribution >= 0.6 is 7.82 Å². The van der Waals surface area contributed by atoms with Crippen LogP contribution in [0.1, 0.15) is 271 Å². The molecule has 0 heterocycles. The standard InChI is InChI=1S/C69H118NO8P/c1-3-5-7-9-11-13-15-17-19-21-23-25-27-28-29-30-31-32-33-34-35-36-37-38-40-42-44-46-48-50-52-54-56-58-60-62-69(72)78-67(66-77-79(73,74)76-64-63-70)65-75-68(71)61-59-57-55-53-51-49-47-45-43-41-39-26-24-22-20-18-16-14-12-10-8-6-4-2/h5,7,11,13,17,19,22-25,28-29,31-32,34-35,37-38,42,44,67H,3-4,6,8-10,12,14-16,18,20-21,26-27,30,33,36,39-41,43,45-66,70H2,1-2H3,(H,73,74)/b7-5-,13-11-,19-17-,24-22-,25-23-,29-28-,32-31-,35-34-,38-37-,44-42-. The molecule has 0 amide bonds. The van der Waals surface area contributed by atoms with Gasteiger partial charge in [-0.05, 0) is 109 Å². The maximum atomic E-state index is 12.7. The van der Waals surface area contributed by atoms with Crippen LogP contribution < -0.4 is 5.73 Å². The molecule has 0 radical (unpaired) electrons. The average Bonchev–Trinajstić information content (AvgIpc) is 3.44. The molecule has 0 aliphatic carbocycles. The van der Waals surface area contributed by atoms with Crippen LogP contribution in [0.3, 0.4) is 0 Å². The van der Waals surface area contributed by atoms with E-state index in [1.807, 2.05) is 0 Å². The summed E-state index contributed by atoms with van der Waals surface area (Å²) in [6.45, 7) is 3.63. The summed E-state index contributed by atoms with van der Waals surface area (Å²) >= 11 is 0. The van der Waals surface area contributed by atoms with Crippen LogP contribution in [0, 0.1) is 0 Å². The number of esters is 2. The Labute approximate surface area is 485 Å². The van der Waals surface area contributed by atoms with Crippen molar-refractivity contribution in [1.29, 1.82) is 0 Å². The summed E-state index contributed by atoms with van der Waals surface area (Å²) in [4.78, 5) is 35.3. The molecule has 3 N–H and O–H groups in total. The van der Waals surface area contributed by atoms with Gasteiger partial charge in [0.2, 0.25) is 0 Å². The van der Waals surface area contributed by atoms with Crippen LogP contribution in [-0.4, -0.2) is 49.3 Å².